The van der Waals surface area contributed by atoms with Crippen molar-refractivity contribution >= 4 is 0 Å². The molecule has 0 aromatic rings. The van der Waals surface area contributed by atoms with E-state index in [0.717, 1.165) is 42.6 Å². The van der Waals surface area contributed by atoms with E-state index in [0.29, 0.717) is 12.8 Å². The topological polar surface area (TPSA) is 20.2 Å². The maximum atomic E-state index is 14.2. The Labute approximate surface area is 146 Å². The van der Waals surface area contributed by atoms with E-state index < -0.39 is 18.4 Å². The summed E-state index contributed by atoms with van der Waals surface area (Å²) in [6.45, 7) is 6.35. The zero-order valence-corrected chi connectivity index (χ0v) is 15.7. The van der Waals surface area contributed by atoms with Crippen LogP contribution in [0.4, 0.5) is 8.78 Å². The van der Waals surface area contributed by atoms with Crippen LogP contribution >= 0.6 is 0 Å². The van der Waals surface area contributed by atoms with Crippen LogP contribution < -0.4 is 0 Å². The Morgan fingerprint density at radius 1 is 0.875 bits per heavy atom. The van der Waals surface area contributed by atoms with Crippen molar-refractivity contribution < 1.29 is 13.9 Å². The van der Waals surface area contributed by atoms with E-state index in [1.54, 1.807) is 0 Å². The molecule has 140 valence electrons. The fraction of sp³-hybridized carbons (Fsp3) is 0.905. The first-order chi connectivity index (χ1) is 11.6. The average molecular weight is 343 g/mol. The Hall–Kier alpha value is -0.440. The smallest absolute Gasteiger partial charge is 0.157 e. The Bertz CT molecular complexity index is 401. The molecule has 2 saturated carbocycles. The molecule has 3 aliphatic rings. The van der Waals surface area contributed by atoms with Crippen LogP contribution in [0.1, 0.15) is 78.6 Å². The summed E-state index contributed by atoms with van der Waals surface area (Å²) in [5, 5.41) is 9.46. The molecule has 0 spiro atoms. The first-order valence-electron chi connectivity index (χ1n) is 10.2. The second-order valence-electron chi connectivity index (χ2n) is 7.97. The van der Waals surface area contributed by atoms with Crippen LogP contribution in [0, 0.1) is 23.7 Å². The Morgan fingerprint density at radius 3 is 2.12 bits per heavy atom. The maximum Gasteiger partial charge on any atom is 0.157 e. The van der Waals surface area contributed by atoms with Gasteiger partial charge < -0.3 is 5.11 Å². The summed E-state index contributed by atoms with van der Waals surface area (Å²) in [5.74, 6) is 2.20. The normalized spacial score (nSPS) is 43.4. The summed E-state index contributed by atoms with van der Waals surface area (Å²) < 4.78 is 27.9. The predicted octanol–water partition coefficient (Wildman–Crippen LogP) is 6.01. The lowest BCUT2D eigenvalue weighted by Crippen LogP contribution is -2.42. The largest absolute Gasteiger partial charge is 0.390 e. The van der Waals surface area contributed by atoms with Gasteiger partial charge in [-0.2, -0.15) is 0 Å². The highest BCUT2D eigenvalue weighted by atomic mass is 19.2. The minimum atomic E-state index is -1.70. The molecule has 5 unspecified atom stereocenters. The summed E-state index contributed by atoms with van der Waals surface area (Å²) in [7, 11) is 0. The monoisotopic (exact) mass is 342 g/mol. The van der Waals surface area contributed by atoms with Crippen LogP contribution in [0.5, 0.6) is 0 Å². The van der Waals surface area contributed by atoms with Crippen molar-refractivity contribution in [3.05, 3.63) is 11.6 Å². The molecule has 0 amide bonds. The van der Waals surface area contributed by atoms with Crippen molar-refractivity contribution in [2.24, 2.45) is 23.7 Å². The van der Waals surface area contributed by atoms with E-state index in [9.17, 15) is 13.9 Å². The zero-order valence-electron chi connectivity index (χ0n) is 15.7. The summed E-state index contributed by atoms with van der Waals surface area (Å²) >= 11 is 0. The van der Waals surface area contributed by atoms with Gasteiger partial charge >= 0.3 is 0 Å². The second kappa shape index (κ2) is 9.31. The van der Waals surface area contributed by atoms with Gasteiger partial charge in [0, 0.05) is 5.92 Å². The molecular weight excluding hydrogens is 306 g/mol. The first kappa shape index (κ1) is 19.9. The number of halogens is 2. The van der Waals surface area contributed by atoms with Gasteiger partial charge in [0.25, 0.3) is 0 Å². The van der Waals surface area contributed by atoms with Gasteiger partial charge in [0.1, 0.15) is 6.17 Å². The summed E-state index contributed by atoms with van der Waals surface area (Å²) in [4.78, 5) is 0. The second-order valence-corrected chi connectivity index (χ2v) is 7.97. The maximum absolute atomic E-state index is 14.2. The van der Waals surface area contributed by atoms with Gasteiger partial charge in [0.2, 0.25) is 0 Å². The number of hydrogen-bond donors (Lipinski definition) is 1. The molecule has 3 aliphatic carbocycles. The third kappa shape index (κ3) is 4.59. The molecule has 1 nitrogen and oxygen atoms in total. The lowest BCUT2D eigenvalue weighted by Gasteiger charge is -2.38. The molecule has 1 N–H and O–H groups in total. The van der Waals surface area contributed by atoms with Crippen molar-refractivity contribution in [3.8, 4) is 0 Å². The Morgan fingerprint density at radius 2 is 1.54 bits per heavy atom. The molecule has 0 saturated heterocycles. The Balaban J connectivity index is 0.00000100. The molecule has 24 heavy (non-hydrogen) atoms. The molecule has 0 aromatic heterocycles. The average Bonchev–Trinajstić information content (AvgIpc) is 2.63. The van der Waals surface area contributed by atoms with Crippen LogP contribution in [0.25, 0.3) is 0 Å². The minimum absolute atomic E-state index is 0.286. The Kier molecular flexibility index (Phi) is 7.71. The van der Waals surface area contributed by atoms with Crippen molar-refractivity contribution in [1.82, 2.24) is 0 Å². The number of aliphatic hydroxyl groups is 1. The number of rotatable bonds is 2. The molecule has 3 heteroatoms. The van der Waals surface area contributed by atoms with Gasteiger partial charge in [-0.05, 0) is 62.7 Å². The van der Waals surface area contributed by atoms with Gasteiger partial charge in [-0.1, -0.05) is 45.3 Å². The standard InChI is InChI=1S/C19H30F2O.C2H6/c1-12-2-4-13(5-3-12)14-6-8-15(9-7-14)16-10-11-17(22)19(21)18(16)20;1-2/h8,12-14,16-19,22H,2-7,9-11H2,1H3;1-2H3. The fourth-order valence-corrected chi connectivity index (χ4v) is 4.89. The molecule has 0 bridgehead atoms. The quantitative estimate of drug-likeness (QED) is 0.609. The van der Waals surface area contributed by atoms with Gasteiger partial charge in [0.15, 0.2) is 6.17 Å². The van der Waals surface area contributed by atoms with E-state index >= 15 is 0 Å². The van der Waals surface area contributed by atoms with Gasteiger partial charge in [-0.3, -0.25) is 0 Å². The van der Waals surface area contributed by atoms with E-state index in [1.807, 2.05) is 13.8 Å². The summed E-state index contributed by atoms with van der Waals surface area (Å²) in [6.07, 6.45) is 7.44. The molecule has 0 aliphatic heterocycles. The number of hydrogen-bond acceptors (Lipinski definition) is 1. The van der Waals surface area contributed by atoms with Crippen LogP contribution in [0.3, 0.4) is 0 Å². The SMILES string of the molecule is CC.CC1CCC(C2CC=C(C3CCC(O)C(F)C3F)CC2)CC1. The molecule has 3 rings (SSSR count). The van der Waals surface area contributed by atoms with Crippen molar-refractivity contribution in [1.29, 1.82) is 0 Å². The third-order valence-electron chi connectivity index (χ3n) is 6.52. The van der Waals surface area contributed by atoms with Gasteiger partial charge in [-0.25, -0.2) is 8.78 Å². The van der Waals surface area contributed by atoms with Crippen molar-refractivity contribution in [3.63, 3.8) is 0 Å². The molecule has 0 heterocycles. The third-order valence-corrected chi connectivity index (χ3v) is 6.52. The van der Waals surface area contributed by atoms with Crippen molar-refractivity contribution in [2.45, 2.75) is 97.0 Å². The lowest BCUT2D eigenvalue weighted by molar-refractivity contribution is -0.0272. The summed E-state index contributed by atoms with van der Waals surface area (Å²) in [5.41, 5.74) is 1.13. The molecule has 2 fully saturated rings. The highest BCUT2D eigenvalue weighted by Gasteiger charge is 2.41. The highest BCUT2D eigenvalue weighted by Crippen LogP contribution is 2.43. The van der Waals surface area contributed by atoms with E-state index in [4.69, 9.17) is 0 Å². The fourth-order valence-electron chi connectivity index (χ4n) is 4.89. The summed E-state index contributed by atoms with van der Waals surface area (Å²) in [6, 6.07) is 0. The highest BCUT2D eigenvalue weighted by molar-refractivity contribution is 5.15. The minimum Gasteiger partial charge on any atom is -0.390 e. The van der Waals surface area contributed by atoms with Crippen LogP contribution in [0.15, 0.2) is 11.6 Å². The van der Waals surface area contributed by atoms with Crippen LogP contribution in [-0.2, 0) is 0 Å². The molecule has 0 radical (unpaired) electrons. The van der Waals surface area contributed by atoms with Gasteiger partial charge in [0.05, 0.1) is 6.10 Å². The molecule has 0 aromatic carbocycles. The van der Waals surface area contributed by atoms with Crippen LogP contribution in [0.2, 0.25) is 0 Å². The van der Waals surface area contributed by atoms with Crippen molar-refractivity contribution in [2.75, 3.05) is 0 Å². The van der Waals surface area contributed by atoms with Gasteiger partial charge in [-0.15, -0.1) is 0 Å². The lowest BCUT2D eigenvalue weighted by atomic mass is 9.69. The van der Waals surface area contributed by atoms with Crippen LogP contribution in [-0.4, -0.2) is 23.6 Å². The first-order valence-corrected chi connectivity index (χ1v) is 10.2. The molecule has 5 atom stereocenters. The van der Waals surface area contributed by atoms with E-state index in [2.05, 4.69) is 13.0 Å². The van der Waals surface area contributed by atoms with E-state index in [-0.39, 0.29) is 5.92 Å². The zero-order chi connectivity index (χ0) is 17.7. The number of aliphatic hydroxyl groups excluding tert-OH is 1. The van der Waals surface area contributed by atoms with E-state index in [1.165, 1.54) is 25.7 Å². The molecular formula is C21H36F2O. The number of alkyl halides is 2. The number of allylic oxidation sites excluding steroid dienone is 2. The predicted molar refractivity (Wildman–Crippen MR) is 96.4 cm³/mol.